The van der Waals surface area contributed by atoms with Crippen molar-refractivity contribution in [2.75, 3.05) is 0 Å². The topological polar surface area (TPSA) is 37.3 Å². The molecular formula is C16H18O2. The smallest absolute Gasteiger partial charge is 0.193 e. The Hall–Kier alpha value is -2.09. The standard InChI is InChI=1S/C14H12O2.C2H6/c1-10-2-4-11(5-3-10)14(16)12-6-8-13(15)9-7-12;1-2/h2-9,15H,1H3;1-2H3. The van der Waals surface area contributed by atoms with Crippen molar-refractivity contribution in [3.63, 3.8) is 0 Å². The van der Waals surface area contributed by atoms with Crippen LogP contribution in [0.25, 0.3) is 0 Å². The molecular weight excluding hydrogens is 224 g/mol. The molecule has 0 fully saturated rings. The van der Waals surface area contributed by atoms with Gasteiger partial charge in [-0.25, -0.2) is 0 Å². The lowest BCUT2D eigenvalue weighted by molar-refractivity contribution is 0.103. The highest BCUT2D eigenvalue weighted by atomic mass is 16.3. The van der Waals surface area contributed by atoms with Gasteiger partial charge in [0.15, 0.2) is 5.78 Å². The molecule has 2 nitrogen and oxygen atoms in total. The highest BCUT2D eigenvalue weighted by Crippen LogP contribution is 2.14. The molecule has 0 spiro atoms. The Morgan fingerprint density at radius 3 is 1.67 bits per heavy atom. The number of aryl methyl sites for hydroxylation is 1. The molecule has 0 bridgehead atoms. The quantitative estimate of drug-likeness (QED) is 0.809. The van der Waals surface area contributed by atoms with E-state index in [9.17, 15) is 4.79 Å². The van der Waals surface area contributed by atoms with Crippen LogP contribution in [0.1, 0.15) is 35.3 Å². The van der Waals surface area contributed by atoms with Crippen molar-refractivity contribution >= 4 is 5.78 Å². The van der Waals surface area contributed by atoms with Gasteiger partial charge in [0.1, 0.15) is 5.75 Å². The molecule has 2 rings (SSSR count). The van der Waals surface area contributed by atoms with Crippen LogP contribution < -0.4 is 0 Å². The van der Waals surface area contributed by atoms with Crippen LogP contribution in [-0.2, 0) is 0 Å². The summed E-state index contributed by atoms with van der Waals surface area (Å²) in [5, 5.41) is 9.13. The normalized spacial score (nSPS) is 9.28. The maximum atomic E-state index is 12.0. The lowest BCUT2D eigenvalue weighted by Crippen LogP contribution is -2.00. The van der Waals surface area contributed by atoms with Gasteiger partial charge in [-0.05, 0) is 31.2 Å². The zero-order chi connectivity index (χ0) is 13.5. The lowest BCUT2D eigenvalue weighted by atomic mass is 10.0. The van der Waals surface area contributed by atoms with Gasteiger partial charge in [0.05, 0.1) is 0 Å². The highest BCUT2D eigenvalue weighted by Gasteiger charge is 2.07. The van der Waals surface area contributed by atoms with Crippen LogP contribution in [0.15, 0.2) is 48.5 Å². The second kappa shape index (κ2) is 6.60. The molecule has 0 saturated carbocycles. The van der Waals surface area contributed by atoms with Crippen molar-refractivity contribution < 1.29 is 9.90 Å². The summed E-state index contributed by atoms with van der Waals surface area (Å²) >= 11 is 0. The Balaban J connectivity index is 0.000000771. The minimum atomic E-state index is -0.0278. The van der Waals surface area contributed by atoms with Gasteiger partial charge in [-0.3, -0.25) is 4.79 Å². The Kier molecular flexibility index (Phi) is 5.12. The Morgan fingerprint density at radius 1 is 0.833 bits per heavy atom. The number of benzene rings is 2. The fraction of sp³-hybridized carbons (Fsp3) is 0.188. The minimum Gasteiger partial charge on any atom is -0.508 e. The maximum Gasteiger partial charge on any atom is 0.193 e. The number of phenolic OH excluding ortho intramolecular Hbond substituents is 1. The summed E-state index contributed by atoms with van der Waals surface area (Å²) in [6.07, 6.45) is 0. The van der Waals surface area contributed by atoms with Crippen LogP contribution in [0, 0.1) is 6.92 Å². The molecule has 0 unspecified atom stereocenters. The molecule has 0 aliphatic carbocycles. The van der Waals surface area contributed by atoms with Crippen LogP contribution in [0.3, 0.4) is 0 Å². The average Bonchev–Trinajstić information content (AvgIpc) is 2.42. The Morgan fingerprint density at radius 2 is 1.22 bits per heavy atom. The van der Waals surface area contributed by atoms with Crippen LogP contribution >= 0.6 is 0 Å². The molecule has 0 radical (unpaired) electrons. The SMILES string of the molecule is CC.Cc1ccc(C(=O)c2ccc(O)cc2)cc1. The van der Waals surface area contributed by atoms with Gasteiger partial charge in [0.25, 0.3) is 0 Å². The molecule has 0 aromatic heterocycles. The van der Waals surface area contributed by atoms with E-state index in [1.807, 2.05) is 45.0 Å². The molecule has 2 aromatic carbocycles. The van der Waals surface area contributed by atoms with Gasteiger partial charge in [0.2, 0.25) is 0 Å². The molecule has 0 saturated heterocycles. The molecule has 0 amide bonds. The van der Waals surface area contributed by atoms with Crippen molar-refractivity contribution in [2.24, 2.45) is 0 Å². The Labute approximate surface area is 108 Å². The van der Waals surface area contributed by atoms with Gasteiger partial charge in [-0.15, -0.1) is 0 Å². The van der Waals surface area contributed by atoms with Crippen molar-refractivity contribution in [3.8, 4) is 5.75 Å². The van der Waals surface area contributed by atoms with E-state index >= 15 is 0 Å². The second-order valence-electron chi connectivity index (χ2n) is 3.74. The van der Waals surface area contributed by atoms with Crippen LogP contribution in [0.4, 0.5) is 0 Å². The zero-order valence-corrected chi connectivity index (χ0v) is 11.0. The van der Waals surface area contributed by atoms with Crippen LogP contribution in [-0.4, -0.2) is 10.9 Å². The summed E-state index contributed by atoms with van der Waals surface area (Å²) in [7, 11) is 0. The molecule has 0 aliphatic rings. The van der Waals surface area contributed by atoms with Gasteiger partial charge >= 0.3 is 0 Å². The van der Waals surface area contributed by atoms with Gasteiger partial charge in [-0.2, -0.15) is 0 Å². The molecule has 0 atom stereocenters. The first kappa shape index (κ1) is 14.0. The van der Waals surface area contributed by atoms with E-state index in [0.717, 1.165) is 5.56 Å². The van der Waals surface area contributed by atoms with E-state index in [-0.39, 0.29) is 11.5 Å². The van der Waals surface area contributed by atoms with E-state index in [1.54, 1.807) is 12.1 Å². The first-order chi connectivity index (χ1) is 8.66. The third-order valence-corrected chi connectivity index (χ3v) is 2.44. The van der Waals surface area contributed by atoms with Gasteiger partial charge in [0, 0.05) is 11.1 Å². The number of carbonyl (C=O) groups is 1. The van der Waals surface area contributed by atoms with E-state index < -0.39 is 0 Å². The first-order valence-electron chi connectivity index (χ1n) is 6.07. The molecule has 0 heterocycles. The third-order valence-electron chi connectivity index (χ3n) is 2.44. The maximum absolute atomic E-state index is 12.0. The predicted molar refractivity (Wildman–Crippen MR) is 74.1 cm³/mol. The second-order valence-corrected chi connectivity index (χ2v) is 3.74. The molecule has 2 aromatic rings. The zero-order valence-electron chi connectivity index (χ0n) is 11.0. The van der Waals surface area contributed by atoms with Crippen molar-refractivity contribution in [1.29, 1.82) is 0 Å². The van der Waals surface area contributed by atoms with E-state index in [1.165, 1.54) is 12.1 Å². The summed E-state index contributed by atoms with van der Waals surface area (Å²) in [5.74, 6) is 0.139. The number of phenols is 1. The highest BCUT2D eigenvalue weighted by molar-refractivity contribution is 6.09. The summed E-state index contributed by atoms with van der Waals surface area (Å²) in [6.45, 7) is 5.98. The fourth-order valence-corrected chi connectivity index (χ4v) is 1.48. The number of ketones is 1. The Bertz CT molecular complexity index is 448. The van der Waals surface area contributed by atoms with Crippen molar-refractivity contribution in [2.45, 2.75) is 20.8 Å². The number of hydrogen-bond acceptors (Lipinski definition) is 2. The van der Waals surface area contributed by atoms with Crippen LogP contribution in [0.2, 0.25) is 0 Å². The summed E-state index contributed by atoms with van der Waals surface area (Å²) in [6, 6.07) is 13.7. The monoisotopic (exact) mass is 242 g/mol. The minimum absolute atomic E-state index is 0.0278. The van der Waals surface area contributed by atoms with E-state index in [4.69, 9.17) is 5.11 Å². The first-order valence-corrected chi connectivity index (χ1v) is 6.07. The van der Waals surface area contributed by atoms with Gasteiger partial charge < -0.3 is 5.11 Å². The summed E-state index contributed by atoms with van der Waals surface area (Å²) < 4.78 is 0. The van der Waals surface area contributed by atoms with Crippen molar-refractivity contribution in [1.82, 2.24) is 0 Å². The fourth-order valence-electron chi connectivity index (χ4n) is 1.48. The molecule has 2 heteroatoms. The van der Waals surface area contributed by atoms with E-state index in [2.05, 4.69) is 0 Å². The molecule has 18 heavy (non-hydrogen) atoms. The van der Waals surface area contributed by atoms with E-state index in [0.29, 0.717) is 11.1 Å². The molecule has 1 N–H and O–H groups in total. The van der Waals surface area contributed by atoms with Crippen LogP contribution in [0.5, 0.6) is 5.75 Å². The largest absolute Gasteiger partial charge is 0.508 e. The van der Waals surface area contributed by atoms with Crippen molar-refractivity contribution in [3.05, 3.63) is 65.2 Å². The summed E-state index contributed by atoms with van der Waals surface area (Å²) in [5.41, 5.74) is 2.38. The third kappa shape index (κ3) is 3.45. The number of aromatic hydroxyl groups is 1. The van der Waals surface area contributed by atoms with Gasteiger partial charge in [-0.1, -0.05) is 43.7 Å². The average molecular weight is 242 g/mol. The molecule has 0 aliphatic heterocycles. The summed E-state index contributed by atoms with van der Waals surface area (Å²) in [4.78, 5) is 12.0. The lowest BCUT2D eigenvalue weighted by Gasteiger charge is -2.01. The molecule has 94 valence electrons. The number of hydrogen-bond donors (Lipinski definition) is 1. The number of rotatable bonds is 2. The number of carbonyl (C=O) groups excluding carboxylic acids is 1. The predicted octanol–water partition coefficient (Wildman–Crippen LogP) is 3.96.